The van der Waals surface area contributed by atoms with E-state index in [9.17, 15) is 0 Å². The zero-order chi connectivity index (χ0) is 14.8. The van der Waals surface area contributed by atoms with E-state index in [2.05, 4.69) is 22.6 Å². The molecule has 1 aliphatic rings. The second-order valence-corrected chi connectivity index (χ2v) is 7.69. The molecule has 3 rings (SSSR count). The molecular weight excluding hydrogens is 324 g/mol. The number of rotatable bonds is 4. The summed E-state index contributed by atoms with van der Waals surface area (Å²) in [5.74, 6) is 1.14. The van der Waals surface area contributed by atoms with Gasteiger partial charge in [0, 0.05) is 24.4 Å². The molecule has 0 unspecified atom stereocenters. The lowest BCUT2D eigenvalue weighted by Crippen LogP contribution is -2.22. The average molecular weight is 343 g/mol. The van der Waals surface area contributed by atoms with Gasteiger partial charge in [0.2, 0.25) is 0 Å². The van der Waals surface area contributed by atoms with Crippen LogP contribution in [0.15, 0.2) is 12.1 Å². The highest BCUT2D eigenvalue weighted by Gasteiger charge is 2.14. The highest BCUT2D eigenvalue weighted by atomic mass is 35.5. The second kappa shape index (κ2) is 6.60. The smallest absolute Gasteiger partial charge is 0.199 e. The van der Waals surface area contributed by atoms with Crippen molar-refractivity contribution in [1.29, 1.82) is 0 Å². The van der Waals surface area contributed by atoms with Crippen molar-refractivity contribution >= 4 is 35.2 Å². The minimum atomic E-state index is 0.717. The molecule has 0 spiro atoms. The predicted molar refractivity (Wildman–Crippen MR) is 89.4 cm³/mol. The molecule has 0 radical (unpaired) electrons. The molecule has 21 heavy (non-hydrogen) atoms. The van der Waals surface area contributed by atoms with Crippen molar-refractivity contribution in [3.8, 4) is 0 Å². The summed E-state index contributed by atoms with van der Waals surface area (Å²) in [5, 5.41) is 4.71. The van der Waals surface area contributed by atoms with Crippen molar-refractivity contribution in [2.24, 2.45) is 0 Å². The van der Waals surface area contributed by atoms with Crippen molar-refractivity contribution in [3.05, 3.63) is 31.9 Å². The van der Waals surface area contributed by atoms with Crippen LogP contribution in [-0.2, 0) is 26.2 Å². The van der Waals surface area contributed by atoms with Gasteiger partial charge in [-0.15, -0.1) is 11.3 Å². The maximum Gasteiger partial charge on any atom is 0.199 e. The van der Waals surface area contributed by atoms with Gasteiger partial charge >= 0.3 is 0 Å². The molecule has 0 fully saturated rings. The van der Waals surface area contributed by atoms with Crippen LogP contribution in [0.2, 0.25) is 4.34 Å². The van der Waals surface area contributed by atoms with Crippen LogP contribution in [-0.4, -0.2) is 26.3 Å². The van der Waals surface area contributed by atoms with E-state index in [1.54, 1.807) is 11.3 Å². The van der Waals surface area contributed by atoms with E-state index in [0.717, 1.165) is 34.4 Å². The van der Waals surface area contributed by atoms with Crippen LogP contribution in [0.5, 0.6) is 0 Å². The molecule has 0 saturated heterocycles. The molecule has 3 heterocycles. The van der Waals surface area contributed by atoms with Crippen molar-refractivity contribution in [3.63, 3.8) is 0 Å². The third-order valence-corrected chi connectivity index (χ3v) is 5.36. The van der Waals surface area contributed by atoms with Gasteiger partial charge in [0.1, 0.15) is 5.82 Å². The second-order valence-electron chi connectivity index (χ2n) is 5.52. The number of fused-ring (bicyclic) bond motifs is 1. The molecule has 0 aromatic carbocycles. The first-order valence-corrected chi connectivity index (χ1v) is 8.83. The zero-order valence-corrected chi connectivity index (χ0v) is 14.5. The molecule has 7 heteroatoms. The third-order valence-electron chi connectivity index (χ3n) is 3.71. The van der Waals surface area contributed by atoms with Crippen molar-refractivity contribution in [2.45, 2.75) is 45.4 Å². The van der Waals surface area contributed by atoms with E-state index in [0.29, 0.717) is 6.67 Å². The largest absolute Gasteiger partial charge is 0.304 e. The van der Waals surface area contributed by atoms with Crippen LogP contribution < -0.4 is 0 Å². The average Bonchev–Trinajstić information content (AvgIpc) is 2.86. The van der Waals surface area contributed by atoms with Crippen LogP contribution in [0.4, 0.5) is 0 Å². The summed E-state index contributed by atoms with van der Waals surface area (Å²) in [7, 11) is 2.08. The van der Waals surface area contributed by atoms with Crippen molar-refractivity contribution in [1.82, 2.24) is 19.2 Å². The van der Waals surface area contributed by atoms with E-state index < -0.39 is 0 Å². The molecule has 1 aliphatic heterocycles. The summed E-state index contributed by atoms with van der Waals surface area (Å²) in [6.07, 6.45) is 4.74. The standard InChI is InChI=1S/C14H19ClN4S2/c1-17(9-11-6-7-12(15)21-11)10-19-14(20)18-8-4-2-3-5-13(18)16-19/h6-7H,2-5,8-10H2,1H3. The molecule has 0 N–H and O–H groups in total. The van der Waals surface area contributed by atoms with Gasteiger partial charge in [-0.3, -0.25) is 4.90 Å². The van der Waals surface area contributed by atoms with Crippen LogP contribution in [0.1, 0.15) is 30.0 Å². The molecule has 0 bridgehead atoms. The number of nitrogens with zero attached hydrogens (tertiary/aromatic N) is 4. The number of thiophene rings is 1. The Labute approximate surface area is 139 Å². The summed E-state index contributed by atoms with van der Waals surface area (Å²) in [6, 6.07) is 4.02. The molecule has 2 aromatic rings. The highest BCUT2D eigenvalue weighted by Crippen LogP contribution is 2.22. The Hall–Kier alpha value is -0.690. The summed E-state index contributed by atoms with van der Waals surface area (Å²) in [5.41, 5.74) is 0. The monoisotopic (exact) mass is 342 g/mol. The van der Waals surface area contributed by atoms with E-state index in [-0.39, 0.29) is 0 Å². The lowest BCUT2D eigenvalue weighted by atomic mass is 10.2. The molecule has 0 saturated carbocycles. The van der Waals surface area contributed by atoms with Gasteiger partial charge < -0.3 is 4.57 Å². The Morgan fingerprint density at radius 3 is 3.00 bits per heavy atom. The van der Waals surface area contributed by atoms with Crippen LogP contribution in [0.25, 0.3) is 0 Å². The first kappa shape index (κ1) is 15.2. The lowest BCUT2D eigenvalue weighted by molar-refractivity contribution is 0.245. The number of aromatic nitrogens is 3. The van der Waals surface area contributed by atoms with Gasteiger partial charge in [0.05, 0.1) is 11.0 Å². The topological polar surface area (TPSA) is 26.0 Å². The van der Waals surface area contributed by atoms with Crippen LogP contribution >= 0.6 is 35.2 Å². The Morgan fingerprint density at radius 1 is 1.38 bits per heavy atom. The predicted octanol–water partition coefficient (Wildman–Crippen LogP) is 3.94. The summed E-state index contributed by atoms with van der Waals surface area (Å²) < 4.78 is 5.84. The van der Waals surface area contributed by atoms with E-state index >= 15 is 0 Å². The Kier molecular flexibility index (Phi) is 4.78. The Balaban J connectivity index is 1.71. The molecule has 0 atom stereocenters. The first-order chi connectivity index (χ1) is 10.1. The fraction of sp³-hybridized carbons (Fsp3) is 0.571. The minimum Gasteiger partial charge on any atom is -0.304 e. The van der Waals surface area contributed by atoms with Gasteiger partial charge in [-0.05, 0) is 44.2 Å². The summed E-state index contributed by atoms with van der Waals surface area (Å²) in [6.45, 7) is 2.59. The number of halogens is 1. The Morgan fingerprint density at radius 2 is 2.24 bits per heavy atom. The van der Waals surface area contributed by atoms with Gasteiger partial charge in [-0.2, -0.15) is 5.10 Å². The maximum absolute atomic E-state index is 5.98. The maximum atomic E-state index is 5.98. The molecule has 0 amide bonds. The molecular formula is C14H19ClN4S2. The van der Waals surface area contributed by atoms with Gasteiger partial charge in [-0.25, -0.2) is 4.68 Å². The minimum absolute atomic E-state index is 0.717. The fourth-order valence-electron chi connectivity index (χ4n) is 2.70. The van der Waals surface area contributed by atoms with Gasteiger partial charge in [0.15, 0.2) is 4.77 Å². The van der Waals surface area contributed by atoms with Crippen LogP contribution in [0, 0.1) is 4.77 Å². The van der Waals surface area contributed by atoms with Gasteiger partial charge in [-0.1, -0.05) is 18.0 Å². The van der Waals surface area contributed by atoms with Crippen molar-refractivity contribution in [2.75, 3.05) is 7.05 Å². The van der Waals surface area contributed by atoms with Gasteiger partial charge in [0.25, 0.3) is 0 Å². The number of aryl methyl sites for hydroxylation is 1. The molecule has 114 valence electrons. The zero-order valence-electron chi connectivity index (χ0n) is 12.1. The Bertz CT molecular complexity index is 673. The van der Waals surface area contributed by atoms with E-state index in [4.69, 9.17) is 28.9 Å². The quantitative estimate of drug-likeness (QED) is 0.787. The molecule has 0 aliphatic carbocycles. The number of hydrogen-bond acceptors (Lipinski definition) is 4. The molecule has 4 nitrogen and oxygen atoms in total. The SMILES string of the molecule is CN(Cc1ccc(Cl)s1)Cn1nc2n(c1=S)CCCCC2. The lowest BCUT2D eigenvalue weighted by Gasteiger charge is -2.15. The highest BCUT2D eigenvalue weighted by molar-refractivity contribution is 7.71. The number of hydrogen-bond donors (Lipinski definition) is 0. The fourth-order valence-corrected chi connectivity index (χ4v) is 4.16. The summed E-state index contributed by atoms with van der Waals surface area (Å²) in [4.78, 5) is 3.47. The van der Waals surface area contributed by atoms with E-state index in [1.165, 1.54) is 24.1 Å². The van der Waals surface area contributed by atoms with Crippen molar-refractivity contribution < 1.29 is 0 Å². The molecule has 2 aromatic heterocycles. The van der Waals surface area contributed by atoms with Crippen LogP contribution in [0.3, 0.4) is 0 Å². The third kappa shape index (κ3) is 3.56. The summed E-state index contributed by atoms with van der Waals surface area (Å²) >= 11 is 13.2. The van der Waals surface area contributed by atoms with E-state index in [1.807, 2.05) is 10.7 Å². The normalized spacial score (nSPS) is 15.2. The first-order valence-electron chi connectivity index (χ1n) is 7.23.